The molecule has 23 heavy (non-hydrogen) atoms. The summed E-state index contributed by atoms with van der Waals surface area (Å²) in [6.45, 7) is 0. The van der Waals surface area contributed by atoms with Crippen molar-refractivity contribution in [1.29, 1.82) is 0 Å². The molecule has 1 amide bonds. The molecule has 10 heteroatoms. The van der Waals surface area contributed by atoms with Gasteiger partial charge >= 0.3 is 0 Å². The summed E-state index contributed by atoms with van der Waals surface area (Å²) in [4.78, 5) is 12.1. The first-order chi connectivity index (χ1) is 11.0. The lowest BCUT2D eigenvalue weighted by atomic mass is 10.3. The van der Waals surface area contributed by atoms with E-state index in [0.717, 1.165) is 18.7 Å². The number of anilines is 1. The third-order valence-electron chi connectivity index (χ3n) is 3.24. The summed E-state index contributed by atoms with van der Waals surface area (Å²) in [5, 5.41) is 12.2. The van der Waals surface area contributed by atoms with E-state index in [1.807, 2.05) is 0 Å². The van der Waals surface area contributed by atoms with Gasteiger partial charge in [0.25, 0.3) is 0 Å². The third-order valence-corrected chi connectivity index (χ3v) is 4.99. The van der Waals surface area contributed by atoms with Gasteiger partial charge in [0.15, 0.2) is 5.82 Å². The molecule has 3 rings (SSSR count). The Bertz CT molecular complexity index is 739. The van der Waals surface area contributed by atoms with Crippen LogP contribution in [0.5, 0.6) is 0 Å². The van der Waals surface area contributed by atoms with Gasteiger partial charge in [-0.3, -0.25) is 4.79 Å². The molecule has 0 spiro atoms. The first kappa shape index (κ1) is 16.7. The Kier molecular flexibility index (Phi) is 4.91. The number of carbonyl (C=O) groups is 1. The number of aromatic nitrogens is 3. The predicted molar refractivity (Wildman–Crippen MR) is 93.0 cm³/mol. The summed E-state index contributed by atoms with van der Waals surface area (Å²) in [6, 6.07) is 3.02. The van der Waals surface area contributed by atoms with Crippen LogP contribution in [-0.4, -0.2) is 26.5 Å². The second-order valence-corrected chi connectivity index (χ2v) is 7.26. The fraction of sp³-hybridized carbons (Fsp3) is 0.308. The normalized spacial score (nSPS) is 14.0. The maximum Gasteiger partial charge on any atom is 0.234 e. The number of benzene rings is 1. The monoisotopic (exact) mass is 391 g/mol. The van der Waals surface area contributed by atoms with Gasteiger partial charge in [0.1, 0.15) is 0 Å². The molecule has 1 aromatic heterocycles. The Morgan fingerprint density at radius 1 is 1.30 bits per heavy atom. The number of amides is 1. The zero-order valence-electron chi connectivity index (χ0n) is 11.7. The largest absolute Gasteiger partial charge is 0.336 e. The molecule has 3 N–H and O–H groups in total. The van der Waals surface area contributed by atoms with Gasteiger partial charge < -0.3 is 11.2 Å². The van der Waals surface area contributed by atoms with Gasteiger partial charge in [-0.2, -0.15) is 0 Å². The Hall–Kier alpha value is -1.15. The summed E-state index contributed by atoms with van der Waals surface area (Å²) in [6.07, 6.45) is 2.15. The van der Waals surface area contributed by atoms with Crippen LogP contribution < -0.4 is 11.2 Å². The number of carbonyl (C=O) groups excluding carboxylic acids is 1. The average Bonchev–Trinajstić information content (AvgIpc) is 3.25. The Morgan fingerprint density at radius 3 is 2.57 bits per heavy atom. The number of nitrogens with two attached hydrogens (primary N) is 1. The standard InChI is InChI=1S/C13H12Cl3N5OS/c14-7-3-8(15)11(9(16)4-7)18-10(22)5-23-13-20-19-12(21(13)17)6-1-2-6/h3-4,6H,1-2,5,17H2,(H,18,22). The SMILES string of the molecule is Nn1c(SCC(=O)Nc2c(Cl)cc(Cl)cc2Cl)nnc1C1CC1. The molecule has 1 aliphatic rings. The average molecular weight is 393 g/mol. The van der Waals surface area contributed by atoms with Gasteiger partial charge in [-0.25, -0.2) is 4.68 Å². The first-order valence-corrected chi connectivity index (χ1v) is 8.85. The molecule has 0 aliphatic heterocycles. The highest BCUT2D eigenvalue weighted by Gasteiger charge is 2.30. The molecule has 1 aliphatic carbocycles. The third kappa shape index (κ3) is 3.85. The van der Waals surface area contributed by atoms with E-state index in [4.69, 9.17) is 40.6 Å². The molecule has 0 radical (unpaired) electrons. The fourth-order valence-electron chi connectivity index (χ4n) is 1.97. The van der Waals surface area contributed by atoms with Gasteiger partial charge in [0, 0.05) is 10.9 Å². The maximum absolute atomic E-state index is 12.1. The van der Waals surface area contributed by atoms with E-state index in [0.29, 0.717) is 21.8 Å². The van der Waals surface area contributed by atoms with E-state index < -0.39 is 0 Å². The van der Waals surface area contributed by atoms with Gasteiger partial charge in [-0.15, -0.1) is 10.2 Å². The maximum atomic E-state index is 12.1. The molecule has 0 saturated heterocycles. The van der Waals surface area contributed by atoms with E-state index in [1.165, 1.54) is 28.6 Å². The van der Waals surface area contributed by atoms with Crippen LogP contribution in [0, 0.1) is 0 Å². The Morgan fingerprint density at radius 2 is 1.96 bits per heavy atom. The molecule has 6 nitrogen and oxygen atoms in total. The number of nitrogens with one attached hydrogen (secondary N) is 1. The zero-order valence-corrected chi connectivity index (χ0v) is 14.8. The van der Waals surface area contributed by atoms with Crippen molar-refractivity contribution in [2.75, 3.05) is 16.9 Å². The Balaban J connectivity index is 1.62. The number of thioether (sulfide) groups is 1. The number of rotatable bonds is 5. The molecule has 1 aromatic carbocycles. The second-order valence-electron chi connectivity index (χ2n) is 5.07. The van der Waals surface area contributed by atoms with Gasteiger partial charge in [-0.1, -0.05) is 46.6 Å². The smallest absolute Gasteiger partial charge is 0.234 e. The molecule has 2 aromatic rings. The lowest BCUT2D eigenvalue weighted by Crippen LogP contribution is -2.17. The number of halogens is 3. The second kappa shape index (κ2) is 6.76. The van der Waals surface area contributed by atoms with Crippen LogP contribution in [0.4, 0.5) is 5.69 Å². The van der Waals surface area contributed by atoms with E-state index in [2.05, 4.69) is 15.5 Å². The Labute approximate surface area is 151 Å². The quantitative estimate of drug-likeness (QED) is 0.600. The molecule has 1 saturated carbocycles. The predicted octanol–water partition coefficient (Wildman–Crippen LogP) is 3.56. The molecular formula is C13H12Cl3N5OS. The minimum atomic E-state index is -0.280. The van der Waals surface area contributed by atoms with Crippen molar-refractivity contribution in [3.63, 3.8) is 0 Å². The molecule has 0 bridgehead atoms. The van der Waals surface area contributed by atoms with Gasteiger partial charge in [0.2, 0.25) is 11.1 Å². The minimum Gasteiger partial charge on any atom is -0.336 e. The van der Waals surface area contributed by atoms with Crippen molar-refractivity contribution >= 4 is 58.2 Å². The van der Waals surface area contributed by atoms with Crippen LogP contribution in [0.25, 0.3) is 0 Å². The summed E-state index contributed by atoms with van der Waals surface area (Å²) in [5.74, 6) is 6.91. The molecule has 1 heterocycles. The van der Waals surface area contributed by atoms with E-state index in [1.54, 1.807) is 0 Å². The van der Waals surface area contributed by atoms with Gasteiger partial charge in [-0.05, 0) is 25.0 Å². The van der Waals surface area contributed by atoms with Crippen molar-refractivity contribution in [3.05, 3.63) is 33.0 Å². The lowest BCUT2D eigenvalue weighted by Gasteiger charge is -2.09. The van der Waals surface area contributed by atoms with Crippen molar-refractivity contribution in [2.24, 2.45) is 0 Å². The van der Waals surface area contributed by atoms with E-state index in [9.17, 15) is 4.79 Å². The van der Waals surface area contributed by atoms with Crippen molar-refractivity contribution in [1.82, 2.24) is 14.9 Å². The number of hydrogen-bond acceptors (Lipinski definition) is 5. The number of nitrogens with zero attached hydrogens (tertiary/aromatic N) is 3. The number of nitrogen functional groups attached to an aromatic ring is 1. The molecule has 0 unspecified atom stereocenters. The minimum absolute atomic E-state index is 0.106. The van der Waals surface area contributed by atoms with Crippen LogP contribution in [0.2, 0.25) is 15.1 Å². The highest BCUT2D eigenvalue weighted by molar-refractivity contribution is 7.99. The highest BCUT2D eigenvalue weighted by atomic mass is 35.5. The van der Waals surface area contributed by atoms with Crippen LogP contribution in [0.15, 0.2) is 17.3 Å². The lowest BCUT2D eigenvalue weighted by molar-refractivity contribution is -0.113. The van der Waals surface area contributed by atoms with E-state index >= 15 is 0 Å². The summed E-state index contributed by atoms with van der Waals surface area (Å²) in [5.41, 5.74) is 0.330. The van der Waals surface area contributed by atoms with E-state index in [-0.39, 0.29) is 21.7 Å². The van der Waals surface area contributed by atoms with Crippen molar-refractivity contribution in [3.8, 4) is 0 Å². The van der Waals surface area contributed by atoms with Crippen LogP contribution in [0.1, 0.15) is 24.6 Å². The van der Waals surface area contributed by atoms with Crippen LogP contribution in [0.3, 0.4) is 0 Å². The van der Waals surface area contributed by atoms with Crippen molar-refractivity contribution < 1.29 is 4.79 Å². The van der Waals surface area contributed by atoms with Crippen LogP contribution in [-0.2, 0) is 4.79 Å². The topological polar surface area (TPSA) is 85.8 Å². The zero-order chi connectivity index (χ0) is 16.6. The molecule has 1 fully saturated rings. The van der Waals surface area contributed by atoms with Gasteiger partial charge in [0.05, 0.1) is 21.5 Å². The summed E-state index contributed by atoms with van der Waals surface area (Å²) < 4.78 is 1.44. The molecular weight excluding hydrogens is 381 g/mol. The molecule has 0 atom stereocenters. The summed E-state index contributed by atoms with van der Waals surface area (Å²) >= 11 is 19.1. The molecule has 122 valence electrons. The summed E-state index contributed by atoms with van der Waals surface area (Å²) in [7, 11) is 0. The fourth-order valence-corrected chi connectivity index (χ4v) is 3.55. The van der Waals surface area contributed by atoms with Crippen molar-refractivity contribution in [2.45, 2.75) is 23.9 Å². The highest BCUT2D eigenvalue weighted by Crippen LogP contribution is 2.39. The first-order valence-electron chi connectivity index (χ1n) is 6.73. The number of hydrogen-bond donors (Lipinski definition) is 2. The van der Waals surface area contributed by atoms with Crippen LogP contribution >= 0.6 is 46.6 Å².